The molecule has 1 aliphatic rings. The third-order valence-electron chi connectivity index (χ3n) is 3.70. The van der Waals surface area contributed by atoms with Gasteiger partial charge in [0.25, 0.3) is 0 Å². The van der Waals surface area contributed by atoms with Crippen molar-refractivity contribution in [3.05, 3.63) is 30.1 Å². The molecule has 1 aliphatic heterocycles. The van der Waals surface area contributed by atoms with E-state index in [1.165, 1.54) is 0 Å². The first-order valence-electron chi connectivity index (χ1n) is 7.80. The number of aromatic nitrogens is 1. The van der Waals surface area contributed by atoms with Gasteiger partial charge in [-0.15, -0.1) is 0 Å². The molecular weight excluding hydrogens is 264 g/mol. The first-order valence-corrected chi connectivity index (χ1v) is 7.80. The van der Waals surface area contributed by atoms with Crippen LogP contribution in [0.2, 0.25) is 0 Å². The van der Waals surface area contributed by atoms with Gasteiger partial charge in [0.2, 0.25) is 0 Å². The Morgan fingerprint density at radius 2 is 2.14 bits per heavy atom. The van der Waals surface area contributed by atoms with Crippen molar-refractivity contribution in [3.63, 3.8) is 0 Å². The maximum atomic E-state index is 11.9. The first kappa shape index (κ1) is 15.8. The van der Waals surface area contributed by atoms with Crippen LogP contribution in [0.5, 0.6) is 0 Å². The molecule has 0 aromatic carbocycles. The van der Waals surface area contributed by atoms with E-state index < -0.39 is 0 Å². The summed E-state index contributed by atoms with van der Waals surface area (Å²) in [6.07, 6.45) is 3.80. The van der Waals surface area contributed by atoms with E-state index in [2.05, 4.69) is 34.4 Å². The molecule has 116 valence electrons. The minimum Gasteiger partial charge on any atom is -0.335 e. The van der Waals surface area contributed by atoms with Crippen molar-refractivity contribution < 1.29 is 4.79 Å². The van der Waals surface area contributed by atoms with Crippen molar-refractivity contribution in [2.24, 2.45) is 5.92 Å². The van der Waals surface area contributed by atoms with Crippen LogP contribution in [0, 0.1) is 5.92 Å². The molecule has 0 aliphatic carbocycles. The standard InChI is InChI=1S/C16H26N4O/c1-13(2)12-20-9-6-14(7-10-20)19-16(21)18-11-15-5-3-4-8-17-15/h3-5,8,13-14H,6-7,9-12H2,1-2H3,(H2,18,19,21). The van der Waals surface area contributed by atoms with E-state index in [0.717, 1.165) is 38.2 Å². The summed E-state index contributed by atoms with van der Waals surface area (Å²) < 4.78 is 0. The second-order valence-electron chi connectivity index (χ2n) is 6.12. The van der Waals surface area contributed by atoms with Crippen LogP contribution in [-0.2, 0) is 6.54 Å². The highest BCUT2D eigenvalue weighted by molar-refractivity contribution is 5.74. The topological polar surface area (TPSA) is 57.3 Å². The molecule has 1 aromatic heterocycles. The number of rotatable bonds is 5. The number of pyridine rings is 1. The zero-order valence-corrected chi connectivity index (χ0v) is 13.0. The van der Waals surface area contributed by atoms with Crippen LogP contribution in [-0.4, -0.2) is 41.6 Å². The Morgan fingerprint density at radius 1 is 1.38 bits per heavy atom. The van der Waals surface area contributed by atoms with Crippen molar-refractivity contribution in [2.45, 2.75) is 39.3 Å². The summed E-state index contributed by atoms with van der Waals surface area (Å²) in [7, 11) is 0. The Kier molecular flexibility index (Phi) is 5.99. The van der Waals surface area contributed by atoms with Gasteiger partial charge in [0, 0.05) is 31.9 Å². The molecule has 1 saturated heterocycles. The fourth-order valence-electron chi connectivity index (χ4n) is 2.69. The molecule has 21 heavy (non-hydrogen) atoms. The summed E-state index contributed by atoms with van der Waals surface area (Å²) in [5.41, 5.74) is 0.874. The maximum absolute atomic E-state index is 11.9. The van der Waals surface area contributed by atoms with Crippen LogP contribution in [0.3, 0.4) is 0 Å². The average Bonchev–Trinajstić information content (AvgIpc) is 2.48. The van der Waals surface area contributed by atoms with Gasteiger partial charge in [-0.3, -0.25) is 4.98 Å². The van der Waals surface area contributed by atoms with Gasteiger partial charge in [0.15, 0.2) is 0 Å². The molecule has 0 unspecified atom stereocenters. The van der Waals surface area contributed by atoms with E-state index in [4.69, 9.17) is 0 Å². The van der Waals surface area contributed by atoms with Gasteiger partial charge in [-0.2, -0.15) is 0 Å². The van der Waals surface area contributed by atoms with Gasteiger partial charge in [-0.25, -0.2) is 4.79 Å². The first-order chi connectivity index (χ1) is 10.1. The monoisotopic (exact) mass is 290 g/mol. The highest BCUT2D eigenvalue weighted by Crippen LogP contribution is 2.11. The molecule has 1 fully saturated rings. The molecule has 0 spiro atoms. The minimum absolute atomic E-state index is 0.0945. The normalized spacial score (nSPS) is 16.9. The highest BCUT2D eigenvalue weighted by Gasteiger charge is 2.20. The lowest BCUT2D eigenvalue weighted by molar-refractivity contribution is 0.178. The number of piperidine rings is 1. The lowest BCUT2D eigenvalue weighted by Crippen LogP contribution is -2.48. The van der Waals surface area contributed by atoms with Gasteiger partial charge in [-0.1, -0.05) is 19.9 Å². The lowest BCUT2D eigenvalue weighted by Gasteiger charge is -2.33. The Balaban J connectivity index is 1.65. The number of amides is 2. The van der Waals surface area contributed by atoms with E-state index >= 15 is 0 Å². The molecule has 2 N–H and O–H groups in total. The zero-order valence-electron chi connectivity index (χ0n) is 13.0. The molecule has 2 amide bonds. The average molecular weight is 290 g/mol. The van der Waals surface area contributed by atoms with E-state index in [1.54, 1.807) is 6.20 Å². The summed E-state index contributed by atoms with van der Waals surface area (Å²) >= 11 is 0. The van der Waals surface area contributed by atoms with Crippen LogP contribution in [0.4, 0.5) is 4.79 Å². The summed E-state index contributed by atoms with van der Waals surface area (Å²) in [4.78, 5) is 18.5. The molecule has 5 heteroatoms. The van der Waals surface area contributed by atoms with Crippen LogP contribution in [0.15, 0.2) is 24.4 Å². The van der Waals surface area contributed by atoms with Crippen LogP contribution in [0.25, 0.3) is 0 Å². The minimum atomic E-state index is -0.0945. The maximum Gasteiger partial charge on any atom is 0.315 e. The van der Waals surface area contributed by atoms with Gasteiger partial charge >= 0.3 is 6.03 Å². The van der Waals surface area contributed by atoms with Gasteiger partial charge < -0.3 is 15.5 Å². The van der Waals surface area contributed by atoms with Crippen LogP contribution >= 0.6 is 0 Å². The summed E-state index contributed by atoms with van der Waals surface area (Å²) in [5, 5.41) is 5.92. The third kappa shape index (κ3) is 5.71. The van der Waals surface area contributed by atoms with Crippen molar-refractivity contribution in [3.8, 4) is 0 Å². The van der Waals surface area contributed by atoms with Crippen molar-refractivity contribution in [1.29, 1.82) is 0 Å². The number of hydrogen-bond acceptors (Lipinski definition) is 3. The Hall–Kier alpha value is -1.62. The Morgan fingerprint density at radius 3 is 2.76 bits per heavy atom. The molecule has 0 atom stereocenters. The molecule has 0 radical (unpaired) electrons. The van der Waals surface area contributed by atoms with E-state index in [0.29, 0.717) is 12.5 Å². The van der Waals surface area contributed by atoms with Crippen molar-refractivity contribution in [1.82, 2.24) is 20.5 Å². The largest absolute Gasteiger partial charge is 0.335 e. The fraction of sp³-hybridized carbons (Fsp3) is 0.625. The fourth-order valence-corrected chi connectivity index (χ4v) is 2.69. The molecular formula is C16H26N4O. The number of hydrogen-bond donors (Lipinski definition) is 2. The highest BCUT2D eigenvalue weighted by atomic mass is 16.2. The van der Waals surface area contributed by atoms with Crippen LogP contribution < -0.4 is 10.6 Å². The summed E-state index contributed by atoms with van der Waals surface area (Å²) in [6, 6.07) is 5.89. The second-order valence-corrected chi connectivity index (χ2v) is 6.12. The zero-order chi connectivity index (χ0) is 15.1. The Bertz CT molecular complexity index is 427. The lowest BCUT2D eigenvalue weighted by atomic mass is 10.0. The van der Waals surface area contributed by atoms with Crippen LogP contribution in [0.1, 0.15) is 32.4 Å². The summed E-state index contributed by atoms with van der Waals surface area (Å²) in [6.45, 7) is 8.26. The van der Waals surface area contributed by atoms with Gasteiger partial charge in [0.05, 0.1) is 12.2 Å². The smallest absolute Gasteiger partial charge is 0.315 e. The summed E-state index contributed by atoms with van der Waals surface area (Å²) in [5.74, 6) is 0.705. The predicted molar refractivity (Wildman–Crippen MR) is 83.9 cm³/mol. The molecule has 2 rings (SSSR count). The number of carbonyl (C=O) groups excluding carboxylic acids is 1. The molecule has 0 bridgehead atoms. The molecule has 2 heterocycles. The molecule has 1 aromatic rings. The quantitative estimate of drug-likeness (QED) is 0.872. The molecule has 0 saturated carbocycles. The van der Waals surface area contributed by atoms with Gasteiger partial charge in [-0.05, 0) is 30.9 Å². The van der Waals surface area contributed by atoms with E-state index in [1.807, 2.05) is 18.2 Å². The predicted octanol–water partition coefficient (Wildman–Crippen LogP) is 2.00. The van der Waals surface area contributed by atoms with Crippen molar-refractivity contribution in [2.75, 3.05) is 19.6 Å². The van der Waals surface area contributed by atoms with Gasteiger partial charge in [0.1, 0.15) is 0 Å². The number of nitrogens with one attached hydrogen (secondary N) is 2. The second kappa shape index (κ2) is 7.98. The number of urea groups is 1. The third-order valence-corrected chi connectivity index (χ3v) is 3.70. The Labute approximate surface area is 127 Å². The van der Waals surface area contributed by atoms with Crippen molar-refractivity contribution >= 4 is 6.03 Å². The SMILES string of the molecule is CC(C)CN1CCC(NC(=O)NCc2ccccn2)CC1. The molecule has 5 nitrogen and oxygen atoms in total. The van der Waals surface area contributed by atoms with E-state index in [-0.39, 0.29) is 12.1 Å². The number of likely N-dealkylation sites (tertiary alicyclic amines) is 1. The number of nitrogens with zero attached hydrogens (tertiary/aromatic N) is 2. The van der Waals surface area contributed by atoms with E-state index in [9.17, 15) is 4.79 Å². The number of carbonyl (C=O) groups is 1.